The minimum absolute atomic E-state index is 0.0480. The van der Waals surface area contributed by atoms with E-state index in [2.05, 4.69) is 15.2 Å². The second-order valence-electron chi connectivity index (χ2n) is 11.8. The van der Waals surface area contributed by atoms with E-state index in [4.69, 9.17) is 9.26 Å². The smallest absolute Gasteiger partial charge is 0.291 e. The fourth-order valence-corrected chi connectivity index (χ4v) is 9.63. The van der Waals surface area contributed by atoms with Crippen molar-refractivity contribution in [3.05, 3.63) is 5.76 Å². The molecule has 1 heterocycles. The number of carbonyl (C=O) groups is 1. The van der Waals surface area contributed by atoms with E-state index < -0.39 is 21.2 Å². The number of hydrogen-bond donors (Lipinski definition) is 3. The molecule has 2 atom stereocenters. The highest BCUT2D eigenvalue weighted by molar-refractivity contribution is 8.00. The van der Waals surface area contributed by atoms with E-state index in [9.17, 15) is 18.3 Å². The SMILES string of the molecule is CS(=O)(=O)NC1(COc2noc(C(=O)NC3C4CC5CC3CC(O)(C5)C4)c2SC2CCCC2)CC1. The number of carbonyl (C=O) groups excluding carboxylic acids is 1. The van der Waals surface area contributed by atoms with Gasteiger partial charge in [-0.15, -0.1) is 11.8 Å². The highest BCUT2D eigenvalue weighted by Crippen LogP contribution is 2.55. The second kappa shape index (κ2) is 8.63. The molecule has 7 rings (SSSR count). The van der Waals surface area contributed by atoms with Crippen molar-refractivity contribution in [2.75, 3.05) is 12.9 Å². The van der Waals surface area contributed by atoms with Gasteiger partial charge in [0.25, 0.3) is 11.8 Å². The van der Waals surface area contributed by atoms with Crippen LogP contribution in [-0.2, 0) is 10.0 Å². The van der Waals surface area contributed by atoms with Gasteiger partial charge >= 0.3 is 0 Å². The van der Waals surface area contributed by atoms with Crippen LogP contribution in [0.2, 0.25) is 0 Å². The predicted octanol–water partition coefficient (Wildman–Crippen LogP) is 2.84. The standard InChI is InChI=1S/C24H35N3O6S2/c1-35(30,31)27-23(6-7-23)13-32-22-20(34-17-4-2-3-5-17)19(33-26-22)21(28)25-18-15-8-14-9-16(18)12-24(29,10-14)11-15/h14-18,27,29H,2-13H2,1H3,(H,25,28). The molecule has 0 aromatic carbocycles. The molecule has 9 nitrogen and oxygen atoms in total. The van der Waals surface area contributed by atoms with E-state index in [1.54, 1.807) is 11.8 Å². The zero-order valence-electron chi connectivity index (χ0n) is 20.1. The molecule has 0 saturated heterocycles. The quantitative estimate of drug-likeness (QED) is 0.449. The van der Waals surface area contributed by atoms with Gasteiger partial charge < -0.3 is 19.7 Å². The Morgan fingerprint density at radius 1 is 1.20 bits per heavy atom. The van der Waals surface area contributed by atoms with E-state index in [1.165, 1.54) is 0 Å². The lowest BCUT2D eigenvalue weighted by Gasteiger charge is -2.58. The van der Waals surface area contributed by atoms with Crippen molar-refractivity contribution in [2.45, 2.75) is 98.0 Å². The van der Waals surface area contributed by atoms with Crippen LogP contribution in [0.1, 0.15) is 81.2 Å². The van der Waals surface area contributed by atoms with E-state index in [0.29, 0.717) is 40.7 Å². The molecule has 0 spiro atoms. The molecule has 6 aliphatic carbocycles. The topological polar surface area (TPSA) is 131 Å². The maximum Gasteiger partial charge on any atom is 0.291 e. The third-order valence-electron chi connectivity index (χ3n) is 8.69. The van der Waals surface area contributed by atoms with E-state index in [-0.39, 0.29) is 30.2 Å². The van der Waals surface area contributed by atoms with Crippen LogP contribution in [0.15, 0.2) is 9.42 Å². The summed E-state index contributed by atoms with van der Waals surface area (Å²) in [6, 6.07) is 0.0480. The molecule has 11 heteroatoms. The molecule has 6 saturated carbocycles. The van der Waals surface area contributed by atoms with Gasteiger partial charge in [-0.25, -0.2) is 13.1 Å². The number of amides is 1. The van der Waals surface area contributed by atoms with E-state index in [1.807, 2.05) is 0 Å². The molecule has 3 N–H and O–H groups in total. The number of aromatic nitrogens is 1. The van der Waals surface area contributed by atoms with Crippen molar-refractivity contribution in [1.82, 2.24) is 15.2 Å². The van der Waals surface area contributed by atoms with Gasteiger partial charge in [0, 0.05) is 11.3 Å². The third kappa shape index (κ3) is 4.98. The summed E-state index contributed by atoms with van der Waals surface area (Å²) in [5.74, 6) is 1.36. The van der Waals surface area contributed by atoms with Gasteiger partial charge in [-0.05, 0) is 80.7 Å². The molecule has 35 heavy (non-hydrogen) atoms. The monoisotopic (exact) mass is 525 g/mol. The first kappa shape index (κ1) is 24.1. The fourth-order valence-electron chi connectivity index (χ4n) is 7.24. The summed E-state index contributed by atoms with van der Waals surface area (Å²) in [6.07, 6.45) is 11.6. The molecule has 2 unspecified atom stereocenters. The van der Waals surface area contributed by atoms with Crippen LogP contribution in [0.4, 0.5) is 0 Å². The molecule has 1 aromatic heterocycles. The van der Waals surface area contributed by atoms with Gasteiger partial charge in [-0.3, -0.25) is 4.79 Å². The first-order valence-corrected chi connectivity index (χ1v) is 15.7. The summed E-state index contributed by atoms with van der Waals surface area (Å²) >= 11 is 1.59. The van der Waals surface area contributed by atoms with Gasteiger partial charge in [-0.1, -0.05) is 12.8 Å². The summed E-state index contributed by atoms with van der Waals surface area (Å²) in [5, 5.41) is 18.6. The van der Waals surface area contributed by atoms with Crippen molar-refractivity contribution in [3.8, 4) is 5.88 Å². The Labute approximate surface area is 210 Å². The van der Waals surface area contributed by atoms with Crippen molar-refractivity contribution >= 4 is 27.7 Å². The molecule has 0 aliphatic heterocycles. The van der Waals surface area contributed by atoms with Crippen LogP contribution in [0, 0.1) is 17.8 Å². The molecule has 4 bridgehead atoms. The lowest BCUT2D eigenvalue weighted by Crippen LogP contribution is -2.61. The lowest BCUT2D eigenvalue weighted by molar-refractivity contribution is -0.137. The normalized spacial score (nSPS) is 35.4. The van der Waals surface area contributed by atoms with Gasteiger partial charge in [0.1, 0.15) is 11.5 Å². The zero-order valence-corrected chi connectivity index (χ0v) is 21.8. The minimum Gasteiger partial charge on any atom is -0.473 e. The van der Waals surface area contributed by atoms with Crippen molar-refractivity contribution < 1.29 is 27.6 Å². The Kier molecular flexibility index (Phi) is 5.93. The molecule has 6 aliphatic rings. The Morgan fingerprint density at radius 2 is 1.89 bits per heavy atom. The number of nitrogens with one attached hydrogen (secondary N) is 2. The van der Waals surface area contributed by atoms with Crippen LogP contribution in [-0.4, -0.2) is 59.9 Å². The number of rotatable bonds is 9. The molecule has 6 fully saturated rings. The summed E-state index contributed by atoms with van der Waals surface area (Å²) in [7, 11) is -3.35. The van der Waals surface area contributed by atoms with Crippen molar-refractivity contribution in [1.29, 1.82) is 0 Å². The Balaban J connectivity index is 1.19. The summed E-state index contributed by atoms with van der Waals surface area (Å²) in [4.78, 5) is 14.1. The molecule has 194 valence electrons. The van der Waals surface area contributed by atoms with Crippen LogP contribution in [0.3, 0.4) is 0 Å². The zero-order chi connectivity index (χ0) is 24.4. The summed E-state index contributed by atoms with van der Waals surface area (Å²) in [5.41, 5.74) is -1.15. The van der Waals surface area contributed by atoms with Crippen LogP contribution in [0.5, 0.6) is 5.88 Å². The Bertz CT molecular complexity index is 1080. The summed E-state index contributed by atoms with van der Waals surface area (Å²) in [6.45, 7) is 0.151. The molecule has 1 amide bonds. The van der Waals surface area contributed by atoms with Crippen LogP contribution >= 0.6 is 11.8 Å². The lowest BCUT2D eigenvalue weighted by atomic mass is 9.52. The van der Waals surface area contributed by atoms with Gasteiger partial charge in [0.05, 0.1) is 17.4 Å². The first-order chi connectivity index (χ1) is 16.6. The van der Waals surface area contributed by atoms with Gasteiger partial charge in [0.15, 0.2) is 0 Å². The second-order valence-corrected chi connectivity index (χ2v) is 14.9. The Morgan fingerprint density at radius 3 is 2.49 bits per heavy atom. The number of thioether (sulfide) groups is 1. The van der Waals surface area contributed by atoms with E-state index in [0.717, 1.165) is 64.0 Å². The summed E-state index contributed by atoms with van der Waals surface area (Å²) < 4.78 is 37.7. The predicted molar refractivity (Wildman–Crippen MR) is 130 cm³/mol. The molecule has 0 radical (unpaired) electrons. The highest BCUT2D eigenvalue weighted by atomic mass is 32.2. The number of sulfonamides is 1. The minimum atomic E-state index is -3.35. The number of aliphatic hydroxyl groups is 1. The maximum absolute atomic E-state index is 13.5. The maximum atomic E-state index is 13.5. The van der Waals surface area contributed by atoms with Gasteiger partial charge in [-0.2, -0.15) is 0 Å². The largest absolute Gasteiger partial charge is 0.473 e. The van der Waals surface area contributed by atoms with Crippen molar-refractivity contribution in [3.63, 3.8) is 0 Å². The molecule has 1 aromatic rings. The Hall–Kier alpha value is -1.30. The molecular weight excluding hydrogens is 490 g/mol. The van der Waals surface area contributed by atoms with Crippen LogP contribution < -0.4 is 14.8 Å². The number of nitrogens with zero attached hydrogens (tertiary/aromatic N) is 1. The number of hydrogen-bond acceptors (Lipinski definition) is 8. The van der Waals surface area contributed by atoms with E-state index >= 15 is 0 Å². The third-order valence-corrected chi connectivity index (χ3v) is 10.9. The highest BCUT2D eigenvalue weighted by Gasteiger charge is 2.55. The number of ether oxygens (including phenoxy) is 1. The van der Waals surface area contributed by atoms with Gasteiger partial charge in [0.2, 0.25) is 15.8 Å². The fraction of sp³-hybridized carbons (Fsp3) is 0.833. The average molecular weight is 526 g/mol. The first-order valence-electron chi connectivity index (χ1n) is 12.9. The average Bonchev–Trinajstić information content (AvgIpc) is 3.15. The van der Waals surface area contributed by atoms with Crippen LogP contribution in [0.25, 0.3) is 0 Å². The molecular formula is C24H35N3O6S2. The van der Waals surface area contributed by atoms with Crippen molar-refractivity contribution in [2.24, 2.45) is 17.8 Å².